The summed E-state index contributed by atoms with van der Waals surface area (Å²) in [6.07, 6.45) is 3.38. The quantitative estimate of drug-likeness (QED) is 0.764. The largest absolute Gasteiger partial charge is 0.399 e. The molecule has 1 unspecified atom stereocenters. The zero-order valence-electron chi connectivity index (χ0n) is 9.60. The van der Waals surface area contributed by atoms with Crippen molar-refractivity contribution in [2.45, 2.75) is 19.3 Å². The van der Waals surface area contributed by atoms with E-state index in [0.717, 1.165) is 25.2 Å². The van der Waals surface area contributed by atoms with Gasteiger partial charge in [-0.1, -0.05) is 0 Å². The highest BCUT2D eigenvalue weighted by molar-refractivity contribution is 5.53. The Bertz CT molecular complexity index is 321. The van der Waals surface area contributed by atoms with Crippen LogP contribution in [0.2, 0.25) is 0 Å². The van der Waals surface area contributed by atoms with Gasteiger partial charge in [0.15, 0.2) is 0 Å². The highest BCUT2D eigenvalue weighted by Gasteiger charge is 2.19. The molecule has 2 rings (SSSR count). The molecule has 3 nitrogen and oxygen atoms in total. The van der Waals surface area contributed by atoms with Crippen molar-refractivity contribution < 1.29 is 5.11 Å². The normalized spacial score (nSPS) is 21.1. The summed E-state index contributed by atoms with van der Waals surface area (Å²) >= 11 is 0. The van der Waals surface area contributed by atoms with Gasteiger partial charge in [-0.3, -0.25) is 0 Å². The number of nitrogens with two attached hydrogens (primary N) is 1. The molecule has 1 heterocycles. The Morgan fingerprint density at radius 3 is 2.75 bits per heavy atom. The zero-order chi connectivity index (χ0) is 11.4. The standard InChI is InChI=1S/C13H20N2O/c14-12-3-5-13(6-4-12)15-8-1-2-11(10-15)7-9-16/h3-6,11,16H,1-2,7-10,14H2. The summed E-state index contributed by atoms with van der Waals surface area (Å²) in [5, 5.41) is 8.98. The first-order chi connectivity index (χ1) is 7.79. The van der Waals surface area contributed by atoms with Crippen molar-refractivity contribution >= 4 is 11.4 Å². The van der Waals surface area contributed by atoms with Gasteiger partial charge in [0.1, 0.15) is 0 Å². The Hall–Kier alpha value is -1.22. The fourth-order valence-corrected chi connectivity index (χ4v) is 2.40. The number of aliphatic hydroxyl groups excluding tert-OH is 1. The summed E-state index contributed by atoms with van der Waals surface area (Å²) in [6, 6.07) is 8.06. The summed E-state index contributed by atoms with van der Waals surface area (Å²) in [6.45, 7) is 2.48. The number of hydrogen-bond acceptors (Lipinski definition) is 3. The van der Waals surface area contributed by atoms with Crippen LogP contribution in [0.25, 0.3) is 0 Å². The number of nitrogen functional groups attached to an aromatic ring is 1. The molecule has 16 heavy (non-hydrogen) atoms. The average Bonchev–Trinajstić information content (AvgIpc) is 2.31. The van der Waals surface area contributed by atoms with E-state index in [2.05, 4.69) is 17.0 Å². The molecule has 3 heteroatoms. The second-order valence-electron chi connectivity index (χ2n) is 4.56. The van der Waals surface area contributed by atoms with E-state index in [1.165, 1.54) is 18.5 Å². The molecule has 1 atom stereocenters. The van der Waals surface area contributed by atoms with Gasteiger partial charge in [0.2, 0.25) is 0 Å². The van der Waals surface area contributed by atoms with Crippen LogP contribution < -0.4 is 10.6 Å². The molecule has 0 amide bonds. The van der Waals surface area contributed by atoms with Crippen LogP contribution in [0.3, 0.4) is 0 Å². The van der Waals surface area contributed by atoms with Crippen molar-refractivity contribution in [2.24, 2.45) is 5.92 Å². The highest BCUT2D eigenvalue weighted by atomic mass is 16.3. The van der Waals surface area contributed by atoms with Gasteiger partial charge in [-0.25, -0.2) is 0 Å². The third-order valence-electron chi connectivity index (χ3n) is 3.31. The molecule has 0 aromatic heterocycles. The Morgan fingerprint density at radius 2 is 2.06 bits per heavy atom. The molecule has 0 saturated carbocycles. The fourth-order valence-electron chi connectivity index (χ4n) is 2.40. The maximum Gasteiger partial charge on any atom is 0.0434 e. The Labute approximate surface area is 96.9 Å². The van der Waals surface area contributed by atoms with Gasteiger partial charge < -0.3 is 15.7 Å². The molecule has 1 aromatic carbocycles. The lowest BCUT2D eigenvalue weighted by Gasteiger charge is -2.34. The van der Waals surface area contributed by atoms with Crippen LogP contribution in [-0.2, 0) is 0 Å². The molecule has 0 radical (unpaired) electrons. The van der Waals surface area contributed by atoms with Crippen LogP contribution in [0.15, 0.2) is 24.3 Å². The molecular weight excluding hydrogens is 200 g/mol. The third-order valence-corrected chi connectivity index (χ3v) is 3.31. The minimum absolute atomic E-state index is 0.306. The number of aliphatic hydroxyl groups is 1. The van der Waals surface area contributed by atoms with Gasteiger partial charge in [-0.15, -0.1) is 0 Å². The molecule has 3 N–H and O–H groups in total. The maximum atomic E-state index is 8.98. The summed E-state index contributed by atoms with van der Waals surface area (Å²) in [5.41, 5.74) is 7.74. The van der Waals surface area contributed by atoms with E-state index in [1.807, 2.05) is 12.1 Å². The number of rotatable bonds is 3. The lowest BCUT2D eigenvalue weighted by Crippen LogP contribution is -2.35. The van der Waals surface area contributed by atoms with E-state index in [0.29, 0.717) is 12.5 Å². The number of nitrogens with zero attached hydrogens (tertiary/aromatic N) is 1. The van der Waals surface area contributed by atoms with E-state index in [9.17, 15) is 0 Å². The lowest BCUT2D eigenvalue weighted by molar-refractivity contribution is 0.244. The van der Waals surface area contributed by atoms with E-state index in [-0.39, 0.29) is 0 Å². The second-order valence-corrected chi connectivity index (χ2v) is 4.56. The summed E-state index contributed by atoms with van der Waals surface area (Å²) in [7, 11) is 0. The van der Waals surface area contributed by atoms with Gasteiger partial charge in [0.05, 0.1) is 0 Å². The number of anilines is 2. The minimum Gasteiger partial charge on any atom is -0.399 e. The van der Waals surface area contributed by atoms with E-state index >= 15 is 0 Å². The Balaban J connectivity index is 2.01. The zero-order valence-corrected chi connectivity index (χ0v) is 9.60. The fraction of sp³-hybridized carbons (Fsp3) is 0.538. The van der Waals surface area contributed by atoms with Crippen molar-refractivity contribution in [2.75, 3.05) is 30.3 Å². The molecule has 1 fully saturated rings. The number of piperidine rings is 1. The molecule has 1 aromatic rings. The topological polar surface area (TPSA) is 49.5 Å². The van der Waals surface area contributed by atoms with Gasteiger partial charge in [-0.2, -0.15) is 0 Å². The van der Waals surface area contributed by atoms with Gasteiger partial charge in [0.25, 0.3) is 0 Å². The molecular formula is C13H20N2O. The van der Waals surface area contributed by atoms with Crippen LogP contribution in [-0.4, -0.2) is 24.8 Å². The average molecular weight is 220 g/mol. The molecule has 0 aliphatic carbocycles. The van der Waals surface area contributed by atoms with E-state index in [4.69, 9.17) is 10.8 Å². The SMILES string of the molecule is Nc1ccc(N2CCCC(CCO)C2)cc1. The van der Waals surface area contributed by atoms with E-state index in [1.54, 1.807) is 0 Å². The van der Waals surface area contributed by atoms with Gasteiger partial charge in [0, 0.05) is 31.1 Å². The van der Waals surface area contributed by atoms with Crippen molar-refractivity contribution in [3.63, 3.8) is 0 Å². The first-order valence-corrected chi connectivity index (χ1v) is 6.01. The van der Waals surface area contributed by atoms with Crippen molar-refractivity contribution in [3.8, 4) is 0 Å². The maximum absolute atomic E-state index is 8.98. The third kappa shape index (κ3) is 2.67. The predicted molar refractivity (Wildman–Crippen MR) is 67.5 cm³/mol. The summed E-state index contributed by atoms with van der Waals surface area (Å²) in [5.74, 6) is 0.635. The molecule has 0 bridgehead atoms. The second kappa shape index (κ2) is 5.21. The van der Waals surface area contributed by atoms with Crippen molar-refractivity contribution in [1.29, 1.82) is 0 Å². The lowest BCUT2D eigenvalue weighted by atomic mass is 9.95. The van der Waals surface area contributed by atoms with E-state index < -0.39 is 0 Å². The van der Waals surface area contributed by atoms with Crippen molar-refractivity contribution in [1.82, 2.24) is 0 Å². The molecule has 88 valence electrons. The summed E-state index contributed by atoms with van der Waals surface area (Å²) < 4.78 is 0. The number of hydrogen-bond donors (Lipinski definition) is 2. The van der Waals surface area contributed by atoms with Gasteiger partial charge in [-0.05, 0) is 49.4 Å². The Morgan fingerprint density at radius 1 is 1.31 bits per heavy atom. The van der Waals surface area contributed by atoms with Crippen LogP contribution in [0, 0.1) is 5.92 Å². The monoisotopic (exact) mass is 220 g/mol. The number of benzene rings is 1. The molecule has 0 spiro atoms. The van der Waals surface area contributed by atoms with Gasteiger partial charge >= 0.3 is 0 Å². The van der Waals surface area contributed by atoms with Crippen LogP contribution in [0.4, 0.5) is 11.4 Å². The smallest absolute Gasteiger partial charge is 0.0434 e. The molecule has 1 aliphatic heterocycles. The first kappa shape index (κ1) is 11.3. The highest BCUT2D eigenvalue weighted by Crippen LogP contribution is 2.25. The van der Waals surface area contributed by atoms with Crippen LogP contribution in [0.1, 0.15) is 19.3 Å². The minimum atomic E-state index is 0.306. The molecule has 1 saturated heterocycles. The predicted octanol–water partition coefficient (Wildman–Crippen LogP) is 1.87. The van der Waals surface area contributed by atoms with Crippen molar-refractivity contribution in [3.05, 3.63) is 24.3 Å². The molecule has 1 aliphatic rings. The van der Waals surface area contributed by atoms with Crippen LogP contribution >= 0.6 is 0 Å². The summed E-state index contributed by atoms with van der Waals surface area (Å²) in [4.78, 5) is 2.39. The first-order valence-electron chi connectivity index (χ1n) is 6.01. The Kier molecular flexibility index (Phi) is 3.67. The van der Waals surface area contributed by atoms with Crippen LogP contribution in [0.5, 0.6) is 0 Å².